The van der Waals surface area contributed by atoms with E-state index in [9.17, 15) is 19.7 Å². The zero-order valence-corrected chi connectivity index (χ0v) is 22.1. The van der Waals surface area contributed by atoms with Crippen molar-refractivity contribution in [3.05, 3.63) is 99.6 Å². The number of rotatable bonds is 7. The van der Waals surface area contributed by atoms with Crippen molar-refractivity contribution in [3.63, 3.8) is 0 Å². The summed E-state index contributed by atoms with van der Waals surface area (Å²) in [6.07, 6.45) is 1.61. The molecular formula is C26H21N3O7S2. The molecule has 10 nitrogen and oxygen atoms in total. The standard InChI is InChI=1S/C26H21N3O7S2/c1-4-35-25(31)22-14(2)27-26-28(23(22)20-6-5-11-37-20)24(30)21(38-26)13-16-8-10-18(36-16)17-9-7-15(29(32)33)12-19(17)34-3/h5-13,23H,4H2,1-3H3/b21-13+/t23-/m1/s1. The fourth-order valence-corrected chi connectivity index (χ4v) is 6.06. The second kappa shape index (κ2) is 10.2. The molecule has 1 atom stereocenters. The van der Waals surface area contributed by atoms with Crippen LogP contribution in [0.2, 0.25) is 0 Å². The number of carbonyl (C=O) groups excluding carboxylic acids is 1. The Bertz CT molecular complexity index is 1760. The molecule has 0 fully saturated rings. The highest BCUT2D eigenvalue weighted by atomic mass is 32.1. The summed E-state index contributed by atoms with van der Waals surface area (Å²) < 4.78 is 18.5. The average Bonchev–Trinajstić information content (AvgIpc) is 3.65. The van der Waals surface area contributed by atoms with Crippen molar-refractivity contribution in [2.45, 2.75) is 19.9 Å². The van der Waals surface area contributed by atoms with Crippen LogP contribution in [0.3, 0.4) is 0 Å². The van der Waals surface area contributed by atoms with E-state index < -0.39 is 16.9 Å². The van der Waals surface area contributed by atoms with E-state index in [4.69, 9.17) is 13.9 Å². The molecule has 5 rings (SSSR count). The quantitative estimate of drug-likeness (QED) is 0.193. The topological polar surface area (TPSA) is 126 Å². The van der Waals surface area contributed by atoms with Gasteiger partial charge in [-0.05, 0) is 43.5 Å². The van der Waals surface area contributed by atoms with Crippen molar-refractivity contribution >= 4 is 40.4 Å². The molecule has 3 aromatic heterocycles. The third-order valence-electron chi connectivity index (χ3n) is 5.89. The lowest BCUT2D eigenvalue weighted by atomic mass is 10.0. The van der Waals surface area contributed by atoms with Crippen molar-refractivity contribution in [2.75, 3.05) is 13.7 Å². The van der Waals surface area contributed by atoms with E-state index in [1.165, 1.54) is 46.5 Å². The number of non-ortho nitro benzene ring substituents is 1. The van der Waals surface area contributed by atoms with Gasteiger partial charge in [-0.15, -0.1) is 11.3 Å². The fourth-order valence-electron chi connectivity index (χ4n) is 4.21. The number of thiophene rings is 1. The van der Waals surface area contributed by atoms with E-state index >= 15 is 0 Å². The van der Waals surface area contributed by atoms with Gasteiger partial charge in [0.05, 0.1) is 46.1 Å². The third kappa shape index (κ3) is 4.48. The first kappa shape index (κ1) is 25.4. The minimum atomic E-state index is -0.649. The highest BCUT2D eigenvalue weighted by molar-refractivity contribution is 7.10. The van der Waals surface area contributed by atoms with Gasteiger partial charge in [-0.25, -0.2) is 9.79 Å². The number of carbonyl (C=O) groups is 1. The highest BCUT2D eigenvalue weighted by Crippen LogP contribution is 2.35. The van der Waals surface area contributed by atoms with Crippen molar-refractivity contribution in [2.24, 2.45) is 4.99 Å². The Hall–Kier alpha value is -4.29. The van der Waals surface area contributed by atoms with Gasteiger partial charge in [0.2, 0.25) is 0 Å². The predicted molar refractivity (Wildman–Crippen MR) is 142 cm³/mol. The Morgan fingerprint density at radius 2 is 2.11 bits per heavy atom. The van der Waals surface area contributed by atoms with Crippen LogP contribution in [0.5, 0.6) is 5.75 Å². The van der Waals surface area contributed by atoms with Crippen LogP contribution >= 0.6 is 22.7 Å². The highest BCUT2D eigenvalue weighted by Gasteiger charge is 2.33. The Morgan fingerprint density at radius 3 is 2.79 bits per heavy atom. The van der Waals surface area contributed by atoms with Gasteiger partial charge in [-0.1, -0.05) is 17.4 Å². The maximum atomic E-state index is 13.6. The molecule has 4 heterocycles. The number of nitrogens with zero attached hydrogens (tertiary/aromatic N) is 3. The normalized spacial score (nSPS) is 15.2. The summed E-state index contributed by atoms with van der Waals surface area (Å²) in [5.74, 6) is 0.610. The smallest absolute Gasteiger partial charge is 0.338 e. The zero-order valence-electron chi connectivity index (χ0n) is 20.5. The molecule has 0 amide bonds. The molecule has 0 saturated heterocycles. The molecule has 1 aliphatic rings. The Balaban J connectivity index is 1.59. The van der Waals surface area contributed by atoms with Crippen LogP contribution in [0.4, 0.5) is 5.69 Å². The SMILES string of the molecule is CCOC(=O)C1=C(C)N=c2s/c(=C/c3ccc(-c4ccc([N+](=O)[O-])cc4OC)o3)c(=O)n2[C@@H]1c1cccs1. The zero-order chi connectivity index (χ0) is 27.0. The number of nitro benzene ring substituents is 1. The van der Waals surface area contributed by atoms with Crippen LogP contribution in [0.15, 0.2) is 73.3 Å². The number of hydrogen-bond donors (Lipinski definition) is 0. The van der Waals surface area contributed by atoms with E-state index in [0.717, 1.165) is 4.88 Å². The molecule has 12 heteroatoms. The van der Waals surface area contributed by atoms with Gasteiger partial charge in [0.25, 0.3) is 11.2 Å². The first-order valence-corrected chi connectivity index (χ1v) is 13.2. The number of nitro groups is 1. The molecule has 0 radical (unpaired) electrons. The van der Waals surface area contributed by atoms with Gasteiger partial charge in [-0.2, -0.15) is 0 Å². The summed E-state index contributed by atoms with van der Waals surface area (Å²) in [4.78, 5) is 42.9. The van der Waals surface area contributed by atoms with Crippen molar-refractivity contribution in [1.29, 1.82) is 0 Å². The van der Waals surface area contributed by atoms with Crippen LogP contribution in [0.1, 0.15) is 30.5 Å². The van der Waals surface area contributed by atoms with Crippen molar-refractivity contribution in [1.82, 2.24) is 4.57 Å². The molecule has 1 aliphatic heterocycles. The van der Waals surface area contributed by atoms with Gasteiger partial charge in [0.1, 0.15) is 23.3 Å². The largest absolute Gasteiger partial charge is 0.496 e. The number of allylic oxidation sites excluding steroid dienone is 1. The lowest BCUT2D eigenvalue weighted by Gasteiger charge is -2.23. The van der Waals surface area contributed by atoms with E-state index in [-0.39, 0.29) is 23.6 Å². The number of fused-ring (bicyclic) bond motifs is 1. The summed E-state index contributed by atoms with van der Waals surface area (Å²) in [6.45, 7) is 3.67. The van der Waals surface area contributed by atoms with Gasteiger partial charge in [-0.3, -0.25) is 19.5 Å². The fraction of sp³-hybridized carbons (Fsp3) is 0.192. The predicted octanol–water partition coefficient (Wildman–Crippen LogP) is 4.04. The summed E-state index contributed by atoms with van der Waals surface area (Å²) in [7, 11) is 1.42. The van der Waals surface area contributed by atoms with Crippen molar-refractivity contribution < 1.29 is 23.6 Å². The van der Waals surface area contributed by atoms with Crippen LogP contribution < -0.4 is 19.6 Å². The van der Waals surface area contributed by atoms with Crippen LogP contribution in [0, 0.1) is 10.1 Å². The molecular weight excluding hydrogens is 530 g/mol. The average molecular weight is 552 g/mol. The molecule has 0 saturated carbocycles. The van der Waals surface area contributed by atoms with Crippen LogP contribution in [-0.2, 0) is 9.53 Å². The molecule has 0 unspecified atom stereocenters. The number of aromatic nitrogens is 1. The molecule has 1 aromatic carbocycles. The maximum absolute atomic E-state index is 13.6. The first-order chi connectivity index (χ1) is 18.3. The summed E-state index contributed by atoms with van der Waals surface area (Å²) >= 11 is 2.64. The van der Waals surface area contributed by atoms with E-state index in [0.29, 0.717) is 37.7 Å². The second-order valence-electron chi connectivity index (χ2n) is 8.16. The van der Waals surface area contributed by atoms with Crippen LogP contribution in [-0.4, -0.2) is 29.2 Å². The number of ether oxygens (including phenoxy) is 2. The molecule has 0 aliphatic carbocycles. The van der Waals surface area contributed by atoms with Gasteiger partial charge in [0.15, 0.2) is 4.80 Å². The van der Waals surface area contributed by atoms with Gasteiger partial charge < -0.3 is 13.9 Å². The number of esters is 1. The van der Waals surface area contributed by atoms with E-state index in [1.807, 2.05) is 17.5 Å². The second-order valence-corrected chi connectivity index (χ2v) is 10.1. The monoisotopic (exact) mass is 551 g/mol. The number of methoxy groups -OCH3 is 1. The third-order valence-corrected chi connectivity index (χ3v) is 7.80. The Morgan fingerprint density at radius 1 is 1.29 bits per heavy atom. The number of thiazole rings is 1. The molecule has 4 aromatic rings. The minimum absolute atomic E-state index is 0.101. The summed E-state index contributed by atoms with van der Waals surface area (Å²) in [6, 6.07) is 10.7. The lowest BCUT2D eigenvalue weighted by molar-refractivity contribution is -0.384. The number of hydrogen-bond acceptors (Lipinski definition) is 10. The van der Waals surface area contributed by atoms with E-state index in [1.54, 1.807) is 38.1 Å². The maximum Gasteiger partial charge on any atom is 0.338 e. The lowest BCUT2D eigenvalue weighted by Crippen LogP contribution is -2.39. The van der Waals surface area contributed by atoms with Gasteiger partial charge in [0, 0.05) is 17.0 Å². The van der Waals surface area contributed by atoms with E-state index in [2.05, 4.69) is 4.99 Å². The Kier molecular flexibility index (Phi) is 6.83. The van der Waals surface area contributed by atoms with Crippen LogP contribution in [0.25, 0.3) is 17.4 Å². The molecule has 0 bridgehead atoms. The molecule has 194 valence electrons. The minimum Gasteiger partial charge on any atom is -0.496 e. The first-order valence-electron chi connectivity index (χ1n) is 11.5. The van der Waals surface area contributed by atoms with Crippen molar-refractivity contribution in [3.8, 4) is 17.1 Å². The summed E-state index contributed by atoms with van der Waals surface area (Å²) in [5, 5.41) is 13.0. The number of benzene rings is 1. The molecule has 0 N–H and O–H groups in total. The molecule has 38 heavy (non-hydrogen) atoms. The summed E-state index contributed by atoms with van der Waals surface area (Å²) in [5.41, 5.74) is 0.953. The molecule has 0 spiro atoms. The van der Waals surface area contributed by atoms with Gasteiger partial charge >= 0.3 is 5.97 Å². The number of furan rings is 1. The Labute approximate surface area is 223 Å².